The van der Waals surface area contributed by atoms with Gasteiger partial charge in [-0.1, -0.05) is 194 Å². The van der Waals surface area contributed by atoms with Crippen LogP contribution in [0.15, 0.2) is 91.0 Å². The molecule has 4 aromatic carbocycles. The molecule has 2 nitrogen and oxygen atoms in total. The van der Waals surface area contributed by atoms with Crippen LogP contribution >= 0.6 is 0 Å². The molecule has 0 unspecified atom stereocenters. The van der Waals surface area contributed by atoms with E-state index < -0.39 is 11.2 Å². The number of aryl methyl sites for hydroxylation is 2. The third-order valence-corrected chi connectivity index (χ3v) is 13.0. The van der Waals surface area contributed by atoms with Crippen molar-refractivity contribution in [1.29, 1.82) is 0 Å². The van der Waals surface area contributed by atoms with Crippen molar-refractivity contribution < 1.29 is 9.76 Å². The molecular weight excluding hydrogens is 679 g/mol. The van der Waals surface area contributed by atoms with Gasteiger partial charge in [-0.2, -0.15) is 0 Å². The highest BCUT2D eigenvalue weighted by Gasteiger charge is 2.43. The molecule has 0 aromatic heterocycles. The summed E-state index contributed by atoms with van der Waals surface area (Å²) >= 11 is 0. The van der Waals surface area contributed by atoms with Gasteiger partial charge in [0.25, 0.3) is 0 Å². The van der Waals surface area contributed by atoms with Crippen molar-refractivity contribution in [1.82, 2.24) is 0 Å². The highest BCUT2D eigenvalue weighted by molar-refractivity contribution is 6.47. The molecule has 1 aliphatic rings. The first-order valence-electron chi connectivity index (χ1n) is 22.7. The summed E-state index contributed by atoms with van der Waals surface area (Å²) in [4.78, 5) is 0. The fourth-order valence-corrected chi connectivity index (χ4v) is 8.77. The Bertz CT molecular complexity index is 1730. The van der Waals surface area contributed by atoms with Crippen LogP contribution in [0.1, 0.15) is 179 Å². The minimum absolute atomic E-state index is 0.0246. The number of aliphatic hydroxyl groups is 1. The molecule has 0 aliphatic heterocycles. The molecule has 0 spiro atoms. The lowest BCUT2D eigenvalue weighted by Gasteiger charge is -2.37. The Balaban J connectivity index is 1.41. The summed E-state index contributed by atoms with van der Waals surface area (Å²) in [7, 11) is 1.89. The van der Waals surface area contributed by atoms with Gasteiger partial charge >= 0.3 is 7.48 Å². The summed E-state index contributed by atoms with van der Waals surface area (Å²) in [5.41, 5.74) is 10.8. The summed E-state index contributed by atoms with van der Waals surface area (Å²) in [6, 6.07) is 34.7. The van der Waals surface area contributed by atoms with Crippen LogP contribution < -0.4 is 5.46 Å². The van der Waals surface area contributed by atoms with Gasteiger partial charge in [0.2, 0.25) is 0 Å². The summed E-state index contributed by atoms with van der Waals surface area (Å²) in [6.07, 6.45) is 25.5. The van der Waals surface area contributed by atoms with E-state index in [-0.39, 0.29) is 5.41 Å². The molecule has 1 radical (unpaired) electrons. The Hall–Kier alpha value is -3.14. The Morgan fingerprint density at radius 3 is 1.66 bits per heavy atom. The zero-order valence-electron chi connectivity index (χ0n) is 36.2. The van der Waals surface area contributed by atoms with Gasteiger partial charge in [0, 0.05) is 5.41 Å². The van der Waals surface area contributed by atoms with Crippen molar-refractivity contribution in [2.24, 2.45) is 0 Å². The first-order chi connectivity index (χ1) is 27.1. The van der Waals surface area contributed by atoms with Crippen LogP contribution in [0.5, 0.6) is 0 Å². The monoisotopic (exact) mass is 754 g/mol. The first kappa shape index (κ1) is 44.0. The fourth-order valence-electron chi connectivity index (χ4n) is 8.77. The molecular formula is C53H74BO2. The molecule has 0 atom stereocenters. The van der Waals surface area contributed by atoms with Crippen molar-refractivity contribution in [3.63, 3.8) is 0 Å². The normalized spacial score (nSPS) is 13.5. The standard InChI is InChI=1S/C53H74BO2/c1-7-9-11-13-17-24-37-53(38-25-18-14-12-10-8-2)49-40-45(44-32-26-31-43(39-44)30-21-16-15-20-27-42-28-22-19-23-29-42)33-35-47(49)48-36-34-46(41-50(48)53)54-56-52(5,6)51(3,4)55/h19,22-23,26,28-29,31-36,39-41,55H,7-18,20-21,24-25,27,30,37-38H2,1-6H3. The zero-order chi connectivity index (χ0) is 39.9. The van der Waals surface area contributed by atoms with E-state index in [4.69, 9.17) is 4.65 Å². The molecule has 0 amide bonds. The van der Waals surface area contributed by atoms with E-state index >= 15 is 0 Å². The molecule has 1 aliphatic carbocycles. The summed E-state index contributed by atoms with van der Waals surface area (Å²) in [5.74, 6) is 0. The van der Waals surface area contributed by atoms with E-state index in [0.717, 1.165) is 11.9 Å². The molecule has 3 heteroatoms. The van der Waals surface area contributed by atoms with Crippen LogP contribution in [0.3, 0.4) is 0 Å². The Labute approximate surface area is 343 Å². The molecule has 1 N–H and O–H groups in total. The van der Waals surface area contributed by atoms with E-state index in [0.29, 0.717) is 0 Å². The van der Waals surface area contributed by atoms with Crippen molar-refractivity contribution in [3.05, 3.63) is 113 Å². The fraction of sp³-hybridized carbons (Fsp3) is 0.547. The SMILES string of the molecule is CCCCCCCCC1(CCCCCCCC)c2cc([B]OC(C)(C)C(C)(C)O)ccc2-c2ccc(-c3cccc(CCCCCCc4ccccc4)c3)cc21. The lowest BCUT2D eigenvalue weighted by atomic mass is 9.69. The predicted molar refractivity (Wildman–Crippen MR) is 243 cm³/mol. The van der Waals surface area contributed by atoms with Crippen molar-refractivity contribution in [2.45, 2.75) is 187 Å². The molecule has 0 fully saturated rings. The molecule has 0 bridgehead atoms. The maximum Gasteiger partial charge on any atom is 0.330 e. The number of hydrogen-bond donors (Lipinski definition) is 1. The second-order valence-corrected chi connectivity index (χ2v) is 18.1. The highest BCUT2D eigenvalue weighted by Crippen LogP contribution is 2.55. The topological polar surface area (TPSA) is 29.5 Å². The third-order valence-electron chi connectivity index (χ3n) is 13.0. The van der Waals surface area contributed by atoms with Crippen LogP contribution in [-0.4, -0.2) is 23.8 Å². The molecule has 0 saturated carbocycles. The Morgan fingerprint density at radius 2 is 1.04 bits per heavy atom. The molecule has 0 heterocycles. The average Bonchev–Trinajstić information content (AvgIpc) is 3.46. The highest BCUT2D eigenvalue weighted by atomic mass is 16.5. The molecule has 5 rings (SSSR count). The molecule has 56 heavy (non-hydrogen) atoms. The van der Waals surface area contributed by atoms with E-state index in [9.17, 15) is 5.11 Å². The molecule has 0 saturated heterocycles. The average molecular weight is 754 g/mol. The van der Waals surface area contributed by atoms with E-state index in [2.05, 4.69) is 105 Å². The number of rotatable bonds is 26. The van der Waals surface area contributed by atoms with Gasteiger partial charge in [0.05, 0.1) is 11.2 Å². The van der Waals surface area contributed by atoms with Crippen LogP contribution in [0.2, 0.25) is 0 Å². The van der Waals surface area contributed by atoms with Gasteiger partial charge in [0.15, 0.2) is 0 Å². The van der Waals surface area contributed by atoms with E-state index in [1.807, 2.05) is 35.2 Å². The Morgan fingerprint density at radius 1 is 0.518 bits per heavy atom. The maximum atomic E-state index is 10.8. The Kier molecular flexibility index (Phi) is 16.9. The minimum Gasteiger partial charge on any atom is -0.427 e. The minimum atomic E-state index is -0.966. The van der Waals surface area contributed by atoms with Crippen LogP contribution in [-0.2, 0) is 22.9 Å². The molecule has 4 aromatic rings. The number of benzene rings is 4. The second-order valence-electron chi connectivity index (χ2n) is 18.1. The van der Waals surface area contributed by atoms with Gasteiger partial charge in [-0.15, -0.1) is 0 Å². The number of hydrogen-bond acceptors (Lipinski definition) is 2. The van der Waals surface area contributed by atoms with Crippen LogP contribution in [0.4, 0.5) is 0 Å². The lowest BCUT2D eigenvalue weighted by Crippen LogP contribution is -2.49. The summed E-state index contributed by atoms with van der Waals surface area (Å²) < 4.78 is 6.34. The van der Waals surface area contributed by atoms with Crippen molar-refractivity contribution >= 4 is 12.9 Å². The van der Waals surface area contributed by atoms with Gasteiger partial charge in [-0.05, 0) is 117 Å². The summed E-state index contributed by atoms with van der Waals surface area (Å²) in [6.45, 7) is 12.2. The predicted octanol–water partition coefficient (Wildman–Crippen LogP) is 14.3. The van der Waals surface area contributed by atoms with Crippen molar-refractivity contribution in [3.8, 4) is 22.3 Å². The zero-order valence-corrected chi connectivity index (χ0v) is 36.2. The maximum absolute atomic E-state index is 10.8. The second kappa shape index (κ2) is 21.6. The first-order valence-corrected chi connectivity index (χ1v) is 22.7. The third kappa shape index (κ3) is 12.0. The lowest BCUT2D eigenvalue weighted by molar-refractivity contribution is -0.0893. The largest absolute Gasteiger partial charge is 0.427 e. The van der Waals surface area contributed by atoms with Crippen LogP contribution in [0.25, 0.3) is 22.3 Å². The number of fused-ring (bicyclic) bond motifs is 3. The summed E-state index contributed by atoms with van der Waals surface area (Å²) in [5, 5.41) is 10.8. The smallest absolute Gasteiger partial charge is 0.330 e. The number of unbranched alkanes of at least 4 members (excludes halogenated alkanes) is 13. The van der Waals surface area contributed by atoms with Gasteiger partial charge in [-0.3, -0.25) is 0 Å². The van der Waals surface area contributed by atoms with Gasteiger partial charge < -0.3 is 9.76 Å². The molecule has 301 valence electrons. The van der Waals surface area contributed by atoms with Crippen LogP contribution in [0, 0.1) is 0 Å². The van der Waals surface area contributed by atoms with E-state index in [1.165, 1.54) is 167 Å². The van der Waals surface area contributed by atoms with Crippen molar-refractivity contribution in [2.75, 3.05) is 0 Å². The van der Waals surface area contributed by atoms with E-state index in [1.54, 1.807) is 0 Å². The van der Waals surface area contributed by atoms with Gasteiger partial charge in [-0.25, -0.2) is 0 Å². The quantitative estimate of drug-likeness (QED) is 0.0511. The van der Waals surface area contributed by atoms with Gasteiger partial charge in [0.1, 0.15) is 0 Å².